The number of fused-ring (bicyclic) bond motifs is 1. The lowest BCUT2D eigenvalue weighted by Gasteiger charge is -2.11. The van der Waals surface area contributed by atoms with Gasteiger partial charge in [0, 0.05) is 10.1 Å². The highest BCUT2D eigenvalue weighted by Crippen LogP contribution is 2.36. The van der Waals surface area contributed by atoms with E-state index in [4.69, 9.17) is 22.1 Å². The SMILES string of the molecule is C[C@H](OC(=O)c1sc2cc(F)ccc2c1Cl)C(=O)NC(N)=O. The second-order valence-electron chi connectivity index (χ2n) is 4.29. The number of carbonyl (C=O) groups is 3. The molecule has 0 aliphatic heterocycles. The first-order valence-corrected chi connectivity index (χ1v) is 7.18. The van der Waals surface area contributed by atoms with E-state index in [-0.39, 0.29) is 9.90 Å². The predicted molar refractivity (Wildman–Crippen MR) is 79.4 cm³/mol. The standard InChI is InChI=1S/C13H10ClFN2O4S/c1-5(11(18)17-13(16)20)21-12(19)10-9(14)7-3-2-6(15)4-8(7)22-10/h2-5H,1H3,(H3,16,17,18,20)/t5-/m0/s1. The summed E-state index contributed by atoms with van der Waals surface area (Å²) in [6, 6.07) is 2.86. The van der Waals surface area contributed by atoms with Crippen molar-refractivity contribution in [1.82, 2.24) is 5.32 Å². The summed E-state index contributed by atoms with van der Waals surface area (Å²) in [5, 5.41) is 2.42. The molecule has 0 unspecified atom stereocenters. The molecule has 1 atom stereocenters. The molecule has 6 nitrogen and oxygen atoms in total. The second-order valence-corrected chi connectivity index (χ2v) is 5.72. The van der Waals surface area contributed by atoms with E-state index in [9.17, 15) is 18.8 Å². The smallest absolute Gasteiger partial charge is 0.350 e. The molecule has 0 bridgehead atoms. The van der Waals surface area contributed by atoms with Gasteiger partial charge in [-0.3, -0.25) is 10.1 Å². The van der Waals surface area contributed by atoms with Crippen molar-refractivity contribution < 1.29 is 23.5 Å². The van der Waals surface area contributed by atoms with Crippen LogP contribution in [0.4, 0.5) is 9.18 Å². The highest BCUT2D eigenvalue weighted by Gasteiger charge is 2.24. The summed E-state index contributed by atoms with van der Waals surface area (Å²) in [5.74, 6) is -2.16. The number of hydrogen-bond acceptors (Lipinski definition) is 5. The second kappa shape index (κ2) is 6.29. The molecule has 22 heavy (non-hydrogen) atoms. The molecule has 0 aliphatic carbocycles. The molecule has 0 saturated carbocycles. The van der Waals surface area contributed by atoms with Crippen molar-refractivity contribution in [2.45, 2.75) is 13.0 Å². The Morgan fingerprint density at radius 3 is 2.73 bits per heavy atom. The summed E-state index contributed by atoms with van der Waals surface area (Å²) >= 11 is 7.01. The zero-order chi connectivity index (χ0) is 16.4. The Balaban J connectivity index is 2.21. The Morgan fingerprint density at radius 1 is 1.41 bits per heavy atom. The van der Waals surface area contributed by atoms with Crippen LogP contribution in [-0.2, 0) is 9.53 Å². The number of halogens is 2. The van der Waals surface area contributed by atoms with Gasteiger partial charge in [0.15, 0.2) is 6.10 Å². The molecule has 3 N–H and O–H groups in total. The van der Waals surface area contributed by atoms with E-state index in [1.165, 1.54) is 25.1 Å². The number of hydrogen-bond donors (Lipinski definition) is 2. The van der Waals surface area contributed by atoms with Crippen LogP contribution in [-0.4, -0.2) is 24.0 Å². The molecule has 2 rings (SSSR count). The van der Waals surface area contributed by atoms with E-state index in [0.717, 1.165) is 11.3 Å². The van der Waals surface area contributed by atoms with Crippen LogP contribution in [0.5, 0.6) is 0 Å². The van der Waals surface area contributed by atoms with Gasteiger partial charge in [-0.05, 0) is 25.1 Å². The third-order valence-electron chi connectivity index (χ3n) is 2.68. The zero-order valence-corrected chi connectivity index (χ0v) is 12.8. The number of carbonyl (C=O) groups excluding carboxylic acids is 3. The molecule has 0 aliphatic rings. The minimum absolute atomic E-state index is 0.0426. The zero-order valence-electron chi connectivity index (χ0n) is 11.2. The van der Waals surface area contributed by atoms with Crippen molar-refractivity contribution >= 4 is 50.9 Å². The van der Waals surface area contributed by atoms with Gasteiger partial charge < -0.3 is 10.5 Å². The monoisotopic (exact) mass is 344 g/mol. The minimum atomic E-state index is -1.24. The van der Waals surface area contributed by atoms with E-state index in [2.05, 4.69) is 0 Å². The Morgan fingerprint density at radius 2 is 2.09 bits per heavy atom. The average molecular weight is 345 g/mol. The number of ether oxygens (including phenoxy) is 1. The maximum absolute atomic E-state index is 13.2. The number of rotatable bonds is 3. The number of esters is 1. The average Bonchev–Trinajstić information content (AvgIpc) is 2.74. The Hall–Kier alpha value is -2.19. The molecule has 0 spiro atoms. The Labute approximate surface area is 133 Å². The van der Waals surface area contributed by atoms with E-state index in [0.29, 0.717) is 10.1 Å². The van der Waals surface area contributed by atoms with Gasteiger partial charge in [0.05, 0.1) is 5.02 Å². The van der Waals surface area contributed by atoms with E-state index >= 15 is 0 Å². The van der Waals surface area contributed by atoms with Gasteiger partial charge in [0.25, 0.3) is 5.91 Å². The number of imide groups is 1. The maximum Gasteiger partial charge on any atom is 0.350 e. The first kappa shape index (κ1) is 16.2. The molecule has 2 aromatic rings. The molecule has 1 aromatic heterocycles. The fraction of sp³-hybridized carbons (Fsp3) is 0.154. The van der Waals surface area contributed by atoms with E-state index in [1.54, 1.807) is 5.32 Å². The van der Waals surface area contributed by atoms with Crippen molar-refractivity contribution in [3.63, 3.8) is 0 Å². The maximum atomic E-state index is 13.2. The molecule has 0 fully saturated rings. The lowest BCUT2D eigenvalue weighted by atomic mass is 10.2. The minimum Gasteiger partial charge on any atom is -0.448 e. The van der Waals surface area contributed by atoms with Gasteiger partial charge in [-0.2, -0.15) is 0 Å². The topological polar surface area (TPSA) is 98.5 Å². The number of thiophene rings is 1. The van der Waals surface area contributed by atoms with Crippen molar-refractivity contribution in [2.75, 3.05) is 0 Å². The van der Waals surface area contributed by atoms with Crippen LogP contribution in [0.25, 0.3) is 10.1 Å². The van der Waals surface area contributed by atoms with Crippen LogP contribution in [0.3, 0.4) is 0 Å². The normalized spacial score (nSPS) is 12.0. The number of amides is 3. The lowest BCUT2D eigenvalue weighted by Crippen LogP contribution is -2.42. The van der Waals surface area contributed by atoms with Crippen LogP contribution < -0.4 is 11.1 Å². The van der Waals surface area contributed by atoms with Crippen molar-refractivity contribution in [3.05, 3.63) is 33.9 Å². The summed E-state index contributed by atoms with van der Waals surface area (Å²) in [7, 11) is 0. The molecule has 3 amide bonds. The summed E-state index contributed by atoms with van der Waals surface area (Å²) in [5.41, 5.74) is 4.80. The highest BCUT2D eigenvalue weighted by molar-refractivity contribution is 7.21. The number of nitrogens with two attached hydrogens (primary N) is 1. The van der Waals surface area contributed by atoms with Crippen LogP contribution in [0, 0.1) is 5.82 Å². The summed E-state index contributed by atoms with van der Waals surface area (Å²) in [6.07, 6.45) is -1.24. The highest BCUT2D eigenvalue weighted by atomic mass is 35.5. The summed E-state index contributed by atoms with van der Waals surface area (Å²) in [6.45, 7) is 1.27. The molecule has 1 heterocycles. The van der Waals surface area contributed by atoms with Gasteiger partial charge in [0.1, 0.15) is 10.7 Å². The van der Waals surface area contributed by atoms with Crippen molar-refractivity contribution in [3.8, 4) is 0 Å². The van der Waals surface area contributed by atoms with Crippen molar-refractivity contribution in [1.29, 1.82) is 0 Å². The number of nitrogens with one attached hydrogen (secondary N) is 1. The lowest BCUT2D eigenvalue weighted by molar-refractivity contribution is -0.127. The van der Waals surface area contributed by atoms with Crippen LogP contribution in [0.15, 0.2) is 18.2 Å². The van der Waals surface area contributed by atoms with Gasteiger partial charge in [-0.1, -0.05) is 11.6 Å². The number of benzene rings is 1. The molecular formula is C13H10ClFN2O4S. The van der Waals surface area contributed by atoms with Crippen molar-refractivity contribution in [2.24, 2.45) is 5.73 Å². The fourth-order valence-electron chi connectivity index (χ4n) is 1.66. The summed E-state index contributed by atoms with van der Waals surface area (Å²) < 4.78 is 18.6. The molecule has 9 heteroatoms. The number of urea groups is 1. The fourth-order valence-corrected chi connectivity index (χ4v) is 3.08. The van der Waals surface area contributed by atoms with Gasteiger partial charge >= 0.3 is 12.0 Å². The first-order chi connectivity index (χ1) is 10.3. The number of primary amides is 1. The van der Waals surface area contributed by atoms with E-state index < -0.39 is 29.8 Å². The summed E-state index contributed by atoms with van der Waals surface area (Å²) in [4.78, 5) is 34.1. The van der Waals surface area contributed by atoms with Crippen LogP contribution in [0.1, 0.15) is 16.6 Å². The molecule has 0 radical (unpaired) electrons. The Kier molecular flexibility index (Phi) is 4.62. The first-order valence-electron chi connectivity index (χ1n) is 5.98. The quantitative estimate of drug-likeness (QED) is 0.835. The molecule has 0 saturated heterocycles. The third-order valence-corrected chi connectivity index (χ3v) is 4.31. The van der Waals surface area contributed by atoms with Crippen LogP contribution in [0.2, 0.25) is 5.02 Å². The molecule has 116 valence electrons. The Bertz CT molecular complexity index is 777. The largest absolute Gasteiger partial charge is 0.448 e. The van der Waals surface area contributed by atoms with Gasteiger partial charge in [-0.15, -0.1) is 11.3 Å². The van der Waals surface area contributed by atoms with Gasteiger partial charge in [0.2, 0.25) is 0 Å². The molecular weight excluding hydrogens is 335 g/mol. The van der Waals surface area contributed by atoms with E-state index in [1.807, 2.05) is 0 Å². The molecule has 1 aromatic carbocycles. The van der Waals surface area contributed by atoms with Gasteiger partial charge in [-0.25, -0.2) is 14.0 Å². The van der Waals surface area contributed by atoms with Crippen LogP contribution >= 0.6 is 22.9 Å². The third kappa shape index (κ3) is 3.34. The predicted octanol–water partition coefficient (Wildman–Crippen LogP) is 2.43.